The van der Waals surface area contributed by atoms with Gasteiger partial charge in [-0.3, -0.25) is 4.79 Å². The number of hydrogen-bond donors (Lipinski definition) is 0. The highest BCUT2D eigenvalue weighted by Gasteiger charge is 2.11. The molecule has 0 heterocycles. The first-order valence-electron chi connectivity index (χ1n) is 3.83. The maximum atomic E-state index is 11.3. The zero-order valence-corrected chi connectivity index (χ0v) is 8.57. The molecule has 0 unspecified atom stereocenters. The lowest BCUT2D eigenvalue weighted by Crippen LogP contribution is -2.32. The van der Waals surface area contributed by atoms with Gasteiger partial charge in [-0.25, -0.2) is 0 Å². The summed E-state index contributed by atoms with van der Waals surface area (Å²) in [4.78, 5) is 13.1. The maximum absolute atomic E-state index is 11.3. The van der Waals surface area contributed by atoms with Gasteiger partial charge in [0.05, 0.1) is 0 Å². The molecule has 0 aromatic carbocycles. The van der Waals surface area contributed by atoms with E-state index >= 15 is 0 Å². The summed E-state index contributed by atoms with van der Waals surface area (Å²) in [6, 6.07) is 0. The smallest absolute Gasteiger partial charge is 0.224 e. The predicted octanol–water partition coefficient (Wildman–Crippen LogP) is 1.46. The molecule has 0 radical (unpaired) electrons. The lowest BCUT2D eigenvalue weighted by atomic mass is 10.2. The van der Waals surface area contributed by atoms with Crippen molar-refractivity contribution in [2.75, 3.05) is 25.6 Å². The molecule has 66 valence electrons. The van der Waals surface area contributed by atoms with Gasteiger partial charge in [-0.15, -0.1) is 0 Å². The molecule has 0 aromatic heterocycles. The highest BCUT2D eigenvalue weighted by atomic mass is 32.2. The number of carbonyl (C=O) groups excluding carboxylic acids is 1. The summed E-state index contributed by atoms with van der Waals surface area (Å²) in [5.74, 6) is 1.38. The molecule has 3 heteroatoms. The molecule has 0 aliphatic carbocycles. The van der Waals surface area contributed by atoms with Gasteiger partial charge < -0.3 is 4.90 Å². The van der Waals surface area contributed by atoms with E-state index in [0.717, 1.165) is 12.3 Å². The summed E-state index contributed by atoms with van der Waals surface area (Å²) in [5, 5.41) is 0. The minimum atomic E-state index is 0.127. The third-order valence-corrected chi connectivity index (χ3v) is 2.09. The Morgan fingerprint density at radius 2 is 2.09 bits per heavy atom. The number of nitrogens with zero attached hydrogens (tertiary/aromatic N) is 1. The van der Waals surface area contributed by atoms with Crippen molar-refractivity contribution in [3.63, 3.8) is 0 Å². The number of carbonyl (C=O) groups is 1. The van der Waals surface area contributed by atoms with E-state index in [1.54, 1.807) is 16.7 Å². The van der Waals surface area contributed by atoms with E-state index in [0.29, 0.717) is 0 Å². The largest absolute Gasteiger partial charge is 0.345 e. The molecular formula is C8H17NOS. The molecule has 0 atom stereocenters. The molecular weight excluding hydrogens is 158 g/mol. The zero-order valence-electron chi connectivity index (χ0n) is 7.76. The van der Waals surface area contributed by atoms with Crippen LogP contribution in [-0.2, 0) is 4.79 Å². The molecule has 0 aliphatic heterocycles. The van der Waals surface area contributed by atoms with Crippen molar-refractivity contribution < 1.29 is 4.79 Å². The van der Waals surface area contributed by atoms with Crippen LogP contribution in [0.2, 0.25) is 0 Å². The van der Waals surface area contributed by atoms with Gasteiger partial charge in [0.25, 0.3) is 0 Å². The van der Waals surface area contributed by atoms with Crippen LogP contribution >= 0.6 is 11.8 Å². The molecule has 0 aromatic rings. The minimum Gasteiger partial charge on any atom is -0.345 e. The monoisotopic (exact) mass is 175 g/mol. The first-order valence-corrected chi connectivity index (χ1v) is 5.23. The molecule has 11 heavy (non-hydrogen) atoms. The van der Waals surface area contributed by atoms with Gasteiger partial charge in [-0.2, -0.15) is 11.8 Å². The Bertz CT molecular complexity index is 125. The third kappa shape index (κ3) is 4.30. The van der Waals surface area contributed by atoms with E-state index < -0.39 is 0 Å². The van der Waals surface area contributed by atoms with Crippen LogP contribution in [-0.4, -0.2) is 36.4 Å². The van der Waals surface area contributed by atoms with E-state index in [1.807, 2.05) is 27.2 Å². The van der Waals surface area contributed by atoms with Crippen LogP contribution in [0.25, 0.3) is 0 Å². The summed E-state index contributed by atoms with van der Waals surface area (Å²) in [7, 11) is 1.86. The Balaban J connectivity index is 3.64. The van der Waals surface area contributed by atoms with Gasteiger partial charge in [0.15, 0.2) is 0 Å². The average Bonchev–Trinajstić information content (AvgIpc) is 1.98. The molecule has 2 nitrogen and oxygen atoms in total. The second-order valence-corrected chi connectivity index (χ2v) is 3.89. The van der Waals surface area contributed by atoms with Crippen molar-refractivity contribution >= 4 is 17.7 Å². The summed E-state index contributed by atoms with van der Waals surface area (Å²) >= 11 is 1.77. The SMILES string of the molecule is CSCCN(C)C(=O)C(C)C. The predicted molar refractivity (Wildman–Crippen MR) is 50.9 cm³/mol. The van der Waals surface area contributed by atoms with E-state index in [4.69, 9.17) is 0 Å². The van der Waals surface area contributed by atoms with E-state index in [2.05, 4.69) is 0 Å². The van der Waals surface area contributed by atoms with Gasteiger partial charge >= 0.3 is 0 Å². The Hall–Kier alpha value is -0.180. The van der Waals surface area contributed by atoms with Crippen LogP contribution in [0.4, 0.5) is 0 Å². The van der Waals surface area contributed by atoms with Crippen molar-refractivity contribution in [3.8, 4) is 0 Å². The average molecular weight is 175 g/mol. The molecule has 0 fully saturated rings. The Morgan fingerprint density at radius 1 is 1.55 bits per heavy atom. The van der Waals surface area contributed by atoms with Gasteiger partial charge in [0.1, 0.15) is 0 Å². The van der Waals surface area contributed by atoms with Crippen LogP contribution < -0.4 is 0 Å². The standard InChI is InChI=1S/C8H17NOS/c1-7(2)8(10)9(3)5-6-11-4/h7H,5-6H2,1-4H3. The summed E-state index contributed by atoms with van der Waals surface area (Å²) < 4.78 is 0. The molecule has 0 saturated carbocycles. The second kappa shape index (κ2) is 5.47. The molecule has 0 bridgehead atoms. The summed E-state index contributed by atoms with van der Waals surface area (Å²) in [5.41, 5.74) is 0. The Labute approximate surface area is 73.3 Å². The number of rotatable bonds is 4. The van der Waals surface area contributed by atoms with E-state index in [1.165, 1.54) is 0 Å². The van der Waals surface area contributed by atoms with Crippen LogP contribution in [0.5, 0.6) is 0 Å². The van der Waals surface area contributed by atoms with Crippen molar-refractivity contribution in [2.45, 2.75) is 13.8 Å². The first-order chi connectivity index (χ1) is 5.09. The van der Waals surface area contributed by atoms with Gasteiger partial charge in [-0.05, 0) is 6.26 Å². The Kier molecular flexibility index (Phi) is 5.38. The topological polar surface area (TPSA) is 20.3 Å². The van der Waals surface area contributed by atoms with Crippen LogP contribution in [0.15, 0.2) is 0 Å². The van der Waals surface area contributed by atoms with Gasteiger partial charge in [-0.1, -0.05) is 13.8 Å². The fourth-order valence-corrected chi connectivity index (χ4v) is 1.24. The fourth-order valence-electron chi connectivity index (χ4n) is 0.779. The molecule has 0 saturated heterocycles. The highest BCUT2D eigenvalue weighted by molar-refractivity contribution is 7.98. The van der Waals surface area contributed by atoms with Crippen LogP contribution in [0, 0.1) is 5.92 Å². The number of thioether (sulfide) groups is 1. The van der Waals surface area contributed by atoms with Gasteiger partial charge in [0.2, 0.25) is 5.91 Å². The second-order valence-electron chi connectivity index (χ2n) is 2.91. The molecule has 1 amide bonds. The third-order valence-electron chi connectivity index (χ3n) is 1.50. The summed E-state index contributed by atoms with van der Waals surface area (Å²) in [6.45, 7) is 4.72. The Morgan fingerprint density at radius 3 is 2.45 bits per heavy atom. The van der Waals surface area contributed by atoms with Crippen molar-refractivity contribution in [1.29, 1.82) is 0 Å². The molecule has 0 aliphatic rings. The molecule has 0 rings (SSSR count). The highest BCUT2D eigenvalue weighted by Crippen LogP contribution is 2.00. The lowest BCUT2D eigenvalue weighted by molar-refractivity contribution is -0.132. The fraction of sp³-hybridized carbons (Fsp3) is 0.875. The van der Waals surface area contributed by atoms with Crippen LogP contribution in [0.1, 0.15) is 13.8 Å². The summed E-state index contributed by atoms with van der Waals surface area (Å²) in [6.07, 6.45) is 2.05. The molecule has 0 N–H and O–H groups in total. The quantitative estimate of drug-likeness (QED) is 0.645. The first kappa shape index (κ1) is 10.8. The van der Waals surface area contributed by atoms with Crippen LogP contribution in [0.3, 0.4) is 0 Å². The van der Waals surface area contributed by atoms with Crippen molar-refractivity contribution in [3.05, 3.63) is 0 Å². The van der Waals surface area contributed by atoms with Crippen molar-refractivity contribution in [2.24, 2.45) is 5.92 Å². The van der Waals surface area contributed by atoms with Crippen molar-refractivity contribution in [1.82, 2.24) is 4.90 Å². The van der Waals surface area contributed by atoms with Gasteiger partial charge in [0, 0.05) is 25.3 Å². The number of amides is 1. The lowest BCUT2D eigenvalue weighted by Gasteiger charge is -2.18. The van der Waals surface area contributed by atoms with E-state index in [9.17, 15) is 4.79 Å². The van der Waals surface area contributed by atoms with E-state index in [-0.39, 0.29) is 11.8 Å². The number of hydrogen-bond acceptors (Lipinski definition) is 2. The maximum Gasteiger partial charge on any atom is 0.224 e. The molecule has 0 spiro atoms. The normalized spacial score (nSPS) is 10.3. The minimum absolute atomic E-state index is 0.127. The zero-order chi connectivity index (χ0) is 8.85.